The van der Waals surface area contributed by atoms with E-state index in [0.717, 1.165) is 0 Å². The number of carboxylic acid groups (broad SMARTS) is 1. The van der Waals surface area contributed by atoms with E-state index >= 15 is 0 Å². The Labute approximate surface area is 80.7 Å². The molecule has 0 aliphatic carbocycles. The lowest BCUT2D eigenvalue weighted by Crippen LogP contribution is -2.21. The first-order valence-electron chi connectivity index (χ1n) is 3.92. The van der Waals surface area contributed by atoms with Gasteiger partial charge in [0.1, 0.15) is 17.5 Å². The molecule has 76 valence electrons. The van der Waals surface area contributed by atoms with Gasteiger partial charge in [-0.3, -0.25) is 4.79 Å². The maximum absolute atomic E-state index is 10.6. The Hall–Kier alpha value is -1.75. The van der Waals surface area contributed by atoms with Gasteiger partial charge in [0.05, 0.1) is 12.7 Å². The van der Waals surface area contributed by atoms with E-state index in [1.54, 1.807) is 6.07 Å². The van der Waals surface area contributed by atoms with Gasteiger partial charge < -0.3 is 20.7 Å². The van der Waals surface area contributed by atoms with Crippen molar-refractivity contribution in [2.75, 3.05) is 7.11 Å². The lowest BCUT2D eigenvalue weighted by atomic mass is 10.1. The summed E-state index contributed by atoms with van der Waals surface area (Å²) in [5.41, 5.74) is 5.46. The fourth-order valence-electron chi connectivity index (χ4n) is 1.15. The summed E-state index contributed by atoms with van der Waals surface area (Å²) < 4.78 is 4.89. The first kappa shape index (κ1) is 10.3. The van der Waals surface area contributed by atoms with Crippen LogP contribution < -0.4 is 10.5 Å². The number of hydrogen-bond donors (Lipinski definition) is 3. The normalized spacial score (nSPS) is 12.1. The Morgan fingerprint density at radius 2 is 2.21 bits per heavy atom. The second kappa shape index (κ2) is 3.97. The highest BCUT2D eigenvalue weighted by Crippen LogP contribution is 2.31. The number of aliphatic carboxylic acids is 1. The van der Waals surface area contributed by atoms with Crippen LogP contribution in [-0.2, 0) is 4.79 Å². The molecule has 0 unspecified atom stereocenters. The number of rotatable bonds is 3. The highest BCUT2D eigenvalue weighted by molar-refractivity contribution is 5.77. The number of hydrogen-bond acceptors (Lipinski definition) is 4. The number of methoxy groups -OCH3 is 1. The smallest absolute Gasteiger partial charge is 0.325 e. The van der Waals surface area contributed by atoms with Crippen molar-refractivity contribution in [3.63, 3.8) is 0 Å². The third-order valence-electron chi connectivity index (χ3n) is 1.84. The van der Waals surface area contributed by atoms with Crippen molar-refractivity contribution in [1.82, 2.24) is 0 Å². The van der Waals surface area contributed by atoms with Crippen molar-refractivity contribution in [2.24, 2.45) is 5.73 Å². The molecule has 5 nitrogen and oxygen atoms in total. The zero-order chi connectivity index (χ0) is 10.7. The molecule has 0 aromatic heterocycles. The van der Waals surface area contributed by atoms with Gasteiger partial charge in [-0.2, -0.15) is 0 Å². The van der Waals surface area contributed by atoms with Gasteiger partial charge in [-0.25, -0.2) is 0 Å². The molecule has 0 saturated heterocycles. The molecule has 0 saturated carbocycles. The van der Waals surface area contributed by atoms with E-state index in [4.69, 9.17) is 15.6 Å². The lowest BCUT2D eigenvalue weighted by molar-refractivity contribution is -0.138. The zero-order valence-electron chi connectivity index (χ0n) is 7.60. The number of nitrogens with two attached hydrogens (primary N) is 1. The monoisotopic (exact) mass is 197 g/mol. The third-order valence-corrected chi connectivity index (χ3v) is 1.84. The molecule has 1 aromatic carbocycles. The molecule has 0 spiro atoms. The van der Waals surface area contributed by atoms with Crippen LogP contribution in [0.2, 0.25) is 0 Å². The lowest BCUT2D eigenvalue weighted by Gasteiger charge is -2.13. The van der Waals surface area contributed by atoms with Crippen molar-refractivity contribution >= 4 is 5.97 Å². The average Bonchev–Trinajstić information content (AvgIpc) is 2.16. The summed E-state index contributed by atoms with van der Waals surface area (Å²) in [6.07, 6.45) is 0. The highest BCUT2D eigenvalue weighted by atomic mass is 16.5. The minimum atomic E-state index is -1.29. The Morgan fingerprint density at radius 3 is 2.71 bits per heavy atom. The Balaban J connectivity index is 3.23. The molecule has 1 rings (SSSR count). The predicted octanol–water partition coefficient (Wildman–Crippen LogP) is 0.485. The van der Waals surface area contributed by atoms with Gasteiger partial charge in [-0.15, -0.1) is 0 Å². The number of carbonyl (C=O) groups is 1. The molecule has 0 heterocycles. The largest absolute Gasteiger partial charge is 0.507 e. The molecule has 0 fully saturated rings. The van der Waals surface area contributed by atoms with Gasteiger partial charge >= 0.3 is 5.97 Å². The summed E-state index contributed by atoms with van der Waals surface area (Å²) in [6.45, 7) is 0. The van der Waals surface area contributed by atoms with Crippen molar-refractivity contribution in [1.29, 1.82) is 0 Å². The van der Waals surface area contributed by atoms with Crippen LogP contribution in [0.1, 0.15) is 11.6 Å². The van der Waals surface area contributed by atoms with E-state index in [0.29, 0.717) is 0 Å². The minimum absolute atomic E-state index is 0.0856. The highest BCUT2D eigenvalue weighted by Gasteiger charge is 2.22. The zero-order valence-corrected chi connectivity index (χ0v) is 7.60. The van der Waals surface area contributed by atoms with Gasteiger partial charge in [0.2, 0.25) is 0 Å². The molecule has 14 heavy (non-hydrogen) atoms. The Morgan fingerprint density at radius 1 is 1.57 bits per heavy atom. The number of ether oxygens (including phenoxy) is 1. The van der Waals surface area contributed by atoms with Crippen LogP contribution in [0.3, 0.4) is 0 Å². The molecule has 1 aromatic rings. The summed E-state index contributed by atoms with van der Waals surface area (Å²) in [5, 5.41) is 18.1. The number of carboxylic acids is 1. The van der Waals surface area contributed by atoms with E-state index in [-0.39, 0.29) is 17.1 Å². The molecule has 1 atom stereocenters. The molecule has 0 aliphatic heterocycles. The van der Waals surface area contributed by atoms with E-state index in [1.807, 2.05) is 0 Å². The second-order valence-corrected chi connectivity index (χ2v) is 2.71. The van der Waals surface area contributed by atoms with Gasteiger partial charge in [0.15, 0.2) is 0 Å². The van der Waals surface area contributed by atoms with E-state index in [1.165, 1.54) is 19.2 Å². The van der Waals surface area contributed by atoms with E-state index in [9.17, 15) is 9.90 Å². The number of aromatic hydroxyl groups is 1. The fraction of sp³-hybridized carbons (Fsp3) is 0.222. The molecule has 0 amide bonds. The third kappa shape index (κ3) is 1.77. The predicted molar refractivity (Wildman–Crippen MR) is 49.2 cm³/mol. The van der Waals surface area contributed by atoms with E-state index in [2.05, 4.69) is 0 Å². The van der Waals surface area contributed by atoms with Crippen molar-refractivity contribution in [2.45, 2.75) is 6.04 Å². The van der Waals surface area contributed by atoms with E-state index < -0.39 is 12.0 Å². The van der Waals surface area contributed by atoms with Gasteiger partial charge in [0, 0.05) is 0 Å². The average molecular weight is 197 g/mol. The second-order valence-electron chi connectivity index (χ2n) is 2.71. The molecular weight excluding hydrogens is 186 g/mol. The Kier molecular flexibility index (Phi) is 2.93. The number of benzene rings is 1. The minimum Gasteiger partial charge on any atom is -0.507 e. The molecular formula is C9H11NO4. The van der Waals surface area contributed by atoms with Crippen LogP contribution in [-0.4, -0.2) is 23.3 Å². The van der Waals surface area contributed by atoms with Gasteiger partial charge in [-0.05, 0) is 12.1 Å². The summed E-state index contributed by atoms with van der Waals surface area (Å²) in [6, 6.07) is 3.16. The molecule has 0 aliphatic rings. The summed E-state index contributed by atoms with van der Waals surface area (Å²) in [5.74, 6) is -1.14. The molecule has 0 bridgehead atoms. The summed E-state index contributed by atoms with van der Waals surface area (Å²) >= 11 is 0. The van der Waals surface area contributed by atoms with Crippen LogP contribution in [0.15, 0.2) is 18.2 Å². The van der Waals surface area contributed by atoms with Crippen LogP contribution >= 0.6 is 0 Å². The molecule has 5 heteroatoms. The Bertz CT molecular complexity index is 351. The van der Waals surface area contributed by atoms with Crippen molar-refractivity contribution in [3.05, 3.63) is 23.8 Å². The first-order chi connectivity index (χ1) is 6.57. The quantitative estimate of drug-likeness (QED) is 0.655. The summed E-state index contributed by atoms with van der Waals surface area (Å²) in [4.78, 5) is 10.6. The maximum atomic E-state index is 10.6. The molecule has 4 N–H and O–H groups in total. The first-order valence-corrected chi connectivity index (χ1v) is 3.92. The van der Waals surface area contributed by atoms with Gasteiger partial charge in [-0.1, -0.05) is 6.07 Å². The van der Waals surface area contributed by atoms with Crippen molar-refractivity contribution in [3.8, 4) is 11.5 Å². The topological polar surface area (TPSA) is 92.8 Å². The standard InChI is InChI=1S/C9H11NO4/c1-14-6-4-2-3-5(11)7(6)8(10)9(12)13/h2-4,8,11H,10H2,1H3,(H,12,13)/t8-/m0/s1. The van der Waals surface area contributed by atoms with Crippen LogP contribution in [0.4, 0.5) is 0 Å². The number of phenols is 1. The fourth-order valence-corrected chi connectivity index (χ4v) is 1.15. The number of phenolic OH excluding ortho intramolecular Hbond substituents is 1. The van der Waals surface area contributed by atoms with Crippen LogP contribution in [0.5, 0.6) is 11.5 Å². The van der Waals surface area contributed by atoms with Crippen LogP contribution in [0, 0.1) is 0 Å². The van der Waals surface area contributed by atoms with Crippen LogP contribution in [0.25, 0.3) is 0 Å². The van der Waals surface area contributed by atoms with Crippen molar-refractivity contribution < 1.29 is 19.7 Å². The summed E-state index contributed by atoms with van der Waals surface area (Å²) in [7, 11) is 1.38. The maximum Gasteiger partial charge on any atom is 0.325 e. The molecule has 0 radical (unpaired) electrons. The SMILES string of the molecule is COc1cccc(O)c1[C@H](N)C(=O)O. The van der Waals surface area contributed by atoms with Gasteiger partial charge in [0.25, 0.3) is 0 Å².